The van der Waals surface area contributed by atoms with E-state index in [9.17, 15) is 4.39 Å². The number of hydrogen-bond acceptors (Lipinski definition) is 3. The quantitative estimate of drug-likeness (QED) is 0.638. The summed E-state index contributed by atoms with van der Waals surface area (Å²) in [5.41, 5.74) is 9.00. The lowest BCUT2D eigenvalue weighted by atomic mass is 10.1. The molecule has 0 saturated heterocycles. The van der Waals surface area contributed by atoms with E-state index < -0.39 is 0 Å². The number of nitrogens with two attached hydrogens (primary N) is 1. The van der Waals surface area contributed by atoms with Gasteiger partial charge in [-0.05, 0) is 42.8 Å². The van der Waals surface area contributed by atoms with Crippen LogP contribution in [0, 0.1) is 5.82 Å². The van der Waals surface area contributed by atoms with Crippen LogP contribution in [0.5, 0.6) is 0 Å². The largest absolute Gasteiger partial charge is 0.399 e. The van der Waals surface area contributed by atoms with Crippen LogP contribution in [0.4, 0.5) is 16.0 Å². The van der Waals surface area contributed by atoms with Gasteiger partial charge in [-0.2, -0.15) is 0 Å². The van der Waals surface area contributed by atoms with E-state index in [1.54, 1.807) is 6.07 Å². The molecule has 1 unspecified atom stereocenters. The van der Waals surface area contributed by atoms with Crippen LogP contribution < -0.4 is 11.1 Å². The number of aromatic nitrogens is 2. The smallest absolute Gasteiger partial charge is 0.201 e. The summed E-state index contributed by atoms with van der Waals surface area (Å²) >= 11 is 0. The van der Waals surface area contributed by atoms with Crippen molar-refractivity contribution >= 4 is 22.7 Å². The molecule has 4 N–H and O–H groups in total. The Hall–Kier alpha value is -2.56. The van der Waals surface area contributed by atoms with Crippen molar-refractivity contribution < 1.29 is 4.39 Å². The van der Waals surface area contributed by atoms with E-state index in [0.717, 1.165) is 16.6 Å². The number of aromatic amines is 1. The molecule has 1 atom stereocenters. The van der Waals surface area contributed by atoms with E-state index >= 15 is 0 Å². The van der Waals surface area contributed by atoms with Gasteiger partial charge in [0.1, 0.15) is 5.82 Å². The van der Waals surface area contributed by atoms with Crippen LogP contribution in [0.25, 0.3) is 11.0 Å². The van der Waals surface area contributed by atoms with Crippen LogP contribution in [-0.4, -0.2) is 9.97 Å². The van der Waals surface area contributed by atoms with Crippen molar-refractivity contribution in [2.75, 3.05) is 11.1 Å². The van der Waals surface area contributed by atoms with Gasteiger partial charge in [0.15, 0.2) is 0 Å². The predicted octanol–water partition coefficient (Wildman–Crippen LogP) is 3.46. The summed E-state index contributed by atoms with van der Waals surface area (Å²) in [5.74, 6) is 0.399. The van der Waals surface area contributed by atoms with Crippen LogP contribution in [0.3, 0.4) is 0 Å². The van der Waals surface area contributed by atoms with Crippen molar-refractivity contribution in [2.24, 2.45) is 0 Å². The van der Waals surface area contributed by atoms with E-state index in [2.05, 4.69) is 15.3 Å². The minimum atomic E-state index is -0.242. The number of fused-ring (bicyclic) bond motifs is 1. The van der Waals surface area contributed by atoms with Gasteiger partial charge in [0, 0.05) is 5.69 Å². The molecule has 0 radical (unpaired) electrons. The van der Waals surface area contributed by atoms with Gasteiger partial charge in [0.05, 0.1) is 17.1 Å². The zero-order valence-electron chi connectivity index (χ0n) is 11.0. The van der Waals surface area contributed by atoms with Crippen LogP contribution in [0.2, 0.25) is 0 Å². The molecule has 102 valence electrons. The van der Waals surface area contributed by atoms with Gasteiger partial charge in [-0.3, -0.25) is 0 Å². The number of rotatable bonds is 3. The van der Waals surface area contributed by atoms with Gasteiger partial charge in [0.25, 0.3) is 0 Å². The number of nitrogens with zero attached hydrogens (tertiary/aromatic N) is 1. The van der Waals surface area contributed by atoms with Crippen molar-refractivity contribution in [2.45, 2.75) is 13.0 Å². The van der Waals surface area contributed by atoms with E-state index in [0.29, 0.717) is 11.6 Å². The molecule has 0 aliphatic heterocycles. The Morgan fingerprint density at radius 2 is 2.10 bits per heavy atom. The second-order valence-corrected chi connectivity index (χ2v) is 4.78. The van der Waals surface area contributed by atoms with Crippen LogP contribution in [-0.2, 0) is 0 Å². The standard InChI is InChI=1S/C15H15FN4/c1-9(10-3-2-4-11(16)7-10)18-15-19-13-6-5-12(17)8-14(13)20-15/h2-9H,17H2,1H3,(H2,18,19,20). The van der Waals surface area contributed by atoms with Gasteiger partial charge < -0.3 is 16.0 Å². The van der Waals surface area contributed by atoms with E-state index in [1.807, 2.05) is 31.2 Å². The number of imidazole rings is 1. The summed E-state index contributed by atoms with van der Waals surface area (Å²) in [7, 11) is 0. The Balaban J connectivity index is 1.85. The molecule has 1 aromatic heterocycles. The Kier molecular flexibility index (Phi) is 3.02. The highest BCUT2D eigenvalue weighted by Gasteiger charge is 2.09. The number of halogens is 1. The first-order valence-corrected chi connectivity index (χ1v) is 6.39. The molecule has 0 fully saturated rings. The molecule has 3 aromatic rings. The molecule has 0 saturated carbocycles. The molecule has 20 heavy (non-hydrogen) atoms. The molecule has 0 amide bonds. The molecule has 1 heterocycles. The molecule has 5 heteroatoms. The first kappa shape index (κ1) is 12.5. The van der Waals surface area contributed by atoms with Gasteiger partial charge in [-0.25, -0.2) is 9.37 Å². The predicted molar refractivity (Wildman–Crippen MR) is 78.9 cm³/mol. The molecule has 0 spiro atoms. The third kappa shape index (κ3) is 2.42. The van der Waals surface area contributed by atoms with E-state index in [4.69, 9.17) is 5.73 Å². The molecule has 0 bridgehead atoms. The van der Waals surface area contributed by atoms with Crippen LogP contribution in [0.1, 0.15) is 18.5 Å². The SMILES string of the molecule is CC(Nc1nc2ccc(N)cc2[nH]1)c1cccc(F)c1. The summed E-state index contributed by atoms with van der Waals surface area (Å²) in [5, 5.41) is 3.22. The monoisotopic (exact) mass is 270 g/mol. The third-order valence-corrected chi connectivity index (χ3v) is 3.21. The topological polar surface area (TPSA) is 66.7 Å². The van der Waals surface area contributed by atoms with Crippen molar-refractivity contribution in [1.82, 2.24) is 9.97 Å². The number of hydrogen-bond donors (Lipinski definition) is 3. The average molecular weight is 270 g/mol. The lowest BCUT2D eigenvalue weighted by Crippen LogP contribution is -2.07. The van der Waals surface area contributed by atoms with Crippen molar-refractivity contribution in [3.05, 3.63) is 53.8 Å². The minimum Gasteiger partial charge on any atom is -0.399 e. The van der Waals surface area contributed by atoms with Gasteiger partial charge >= 0.3 is 0 Å². The van der Waals surface area contributed by atoms with E-state index in [-0.39, 0.29) is 11.9 Å². The summed E-state index contributed by atoms with van der Waals surface area (Å²) in [6.07, 6.45) is 0. The average Bonchev–Trinajstić information content (AvgIpc) is 2.80. The lowest BCUT2D eigenvalue weighted by Gasteiger charge is -2.13. The first-order chi connectivity index (χ1) is 9.61. The fraction of sp³-hybridized carbons (Fsp3) is 0.133. The molecular formula is C15H15FN4. The number of nitrogen functional groups attached to an aromatic ring is 1. The summed E-state index contributed by atoms with van der Waals surface area (Å²) in [6, 6.07) is 12.0. The third-order valence-electron chi connectivity index (χ3n) is 3.21. The Morgan fingerprint density at radius 3 is 2.90 bits per heavy atom. The second kappa shape index (κ2) is 4.85. The summed E-state index contributed by atoms with van der Waals surface area (Å²) < 4.78 is 13.2. The maximum Gasteiger partial charge on any atom is 0.201 e. The highest BCUT2D eigenvalue weighted by atomic mass is 19.1. The maximum atomic E-state index is 13.2. The van der Waals surface area contributed by atoms with Gasteiger partial charge in [0.2, 0.25) is 5.95 Å². The summed E-state index contributed by atoms with van der Waals surface area (Å²) in [4.78, 5) is 7.58. The number of anilines is 2. The zero-order valence-corrected chi connectivity index (χ0v) is 11.0. The second-order valence-electron chi connectivity index (χ2n) is 4.78. The Morgan fingerprint density at radius 1 is 1.25 bits per heavy atom. The Bertz CT molecular complexity index is 750. The van der Waals surface area contributed by atoms with Crippen molar-refractivity contribution in [1.29, 1.82) is 0 Å². The molecule has 3 rings (SSSR count). The van der Waals surface area contributed by atoms with Gasteiger partial charge in [-0.15, -0.1) is 0 Å². The van der Waals surface area contributed by atoms with E-state index in [1.165, 1.54) is 12.1 Å². The van der Waals surface area contributed by atoms with Gasteiger partial charge in [-0.1, -0.05) is 12.1 Å². The number of H-pyrrole nitrogens is 1. The number of nitrogens with one attached hydrogen (secondary N) is 2. The molecular weight excluding hydrogens is 255 g/mol. The molecule has 2 aromatic carbocycles. The lowest BCUT2D eigenvalue weighted by molar-refractivity contribution is 0.623. The van der Waals surface area contributed by atoms with Crippen molar-refractivity contribution in [3.8, 4) is 0 Å². The van der Waals surface area contributed by atoms with Crippen LogP contribution in [0.15, 0.2) is 42.5 Å². The molecule has 0 aliphatic carbocycles. The molecule has 0 aliphatic rings. The maximum absolute atomic E-state index is 13.2. The fourth-order valence-corrected chi connectivity index (χ4v) is 2.16. The number of benzene rings is 2. The van der Waals surface area contributed by atoms with Crippen molar-refractivity contribution in [3.63, 3.8) is 0 Å². The first-order valence-electron chi connectivity index (χ1n) is 6.39. The highest BCUT2D eigenvalue weighted by molar-refractivity contribution is 5.80. The zero-order chi connectivity index (χ0) is 14.1. The fourth-order valence-electron chi connectivity index (χ4n) is 2.16. The highest BCUT2D eigenvalue weighted by Crippen LogP contribution is 2.21. The van der Waals surface area contributed by atoms with Crippen LogP contribution >= 0.6 is 0 Å². The normalized spacial score (nSPS) is 12.5. The molecule has 4 nitrogen and oxygen atoms in total. The Labute approximate surface area is 115 Å². The minimum absolute atomic E-state index is 0.0522. The summed E-state index contributed by atoms with van der Waals surface area (Å²) in [6.45, 7) is 1.95.